The number of thiophene rings is 1. The predicted molar refractivity (Wildman–Crippen MR) is 150 cm³/mol. The van der Waals surface area contributed by atoms with E-state index in [2.05, 4.69) is 20.6 Å². The highest BCUT2D eigenvalue weighted by Gasteiger charge is 2.26. The number of piperazine rings is 1. The fourth-order valence-electron chi connectivity index (χ4n) is 4.39. The molecule has 5 N–H and O–H groups in total. The molecule has 4 aromatic rings. The second-order valence-corrected chi connectivity index (χ2v) is 10.1. The highest BCUT2D eigenvalue weighted by Crippen LogP contribution is 2.39. The lowest BCUT2D eigenvalue weighted by Crippen LogP contribution is -2.52. The molecule has 11 nitrogen and oxygen atoms in total. The highest BCUT2D eigenvalue weighted by atomic mass is 32.1. The number of primary amides is 1. The largest absolute Gasteiger partial charge is 0.453 e. The second kappa shape index (κ2) is 11.8. The molecule has 40 heavy (non-hydrogen) atoms. The van der Waals surface area contributed by atoms with Crippen molar-refractivity contribution in [3.63, 3.8) is 0 Å². The second-order valence-electron chi connectivity index (χ2n) is 9.08. The molecule has 4 amide bonds. The lowest BCUT2D eigenvalue weighted by Gasteiger charge is -2.37. The number of hydrogen-bond acceptors (Lipinski definition) is 8. The van der Waals surface area contributed by atoms with Crippen molar-refractivity contribution in [2.45, 2.75) is 13.2 Å². The zero-order valence-corrected chi connectivity index (χ0v) is 22.4. The van der Waals surface area contributed by atoms with Crippen LogP contribution in [-0.2, 0) is 0 Å². The van der Waals surface area contributed by atoms with Crippen LogP contribution in [0.1, 0.15) is 18.7 Å². The SMILES string of the molecule is CCNC(=O)N1CCN(C(O)c2ccc(-c3cc4nccc(Oc5ccc(NC(N)=O)cc5F)c4s3)nc2)CC1. The summed E-state index contributed by atoms with van der Waals surface area (Å²) in [5.74, 6) is -0.246. The Bertz CT molecular complexity index is 1520. The Balaban J connectivity index is 1.29. The first kappa shape index (κ1) is 27.2. The Morgan fingerprint density at radius 1 is 1.12 bits per heavy atom. The summed E-state index contributed by atoms with van der Waals surface area (Å²) >= 11 is 1.40. The van der Waals surface area contributed by atoms with Crippen molar-refractivity contribution in [2.75, 3.05) is 38.0 Å². The molecule has 1 aliphatic heterocycles. The monoisotopic (exact) mass is 565 g/mol. The van der Waals surface area contributed by atoms with E-state index in [0.717, 1.165) is 10.9 Å². The summed E-state index contributed by atoms with van der Waals surface area (Å²) in [6.45, 7) is 4.63. The number of amides is 4. The summed E-state index contributed by atoms with van der Waals surface area (Å²) in [6.07, 6.45) is 2.39. The molecule has 1 aromatic carbocycles. The van der Waals surface area contributed by atoms with Gasteiger partial charge in [-0.05, 0) is 31.2 Å². The Morgan fingerprint density at radius 3 is 2.60 bits per heavy atom. The average molecular weight is 566 g/mol. The molecule has 3 aromatic heterocycles. The lowest BCUT2D eigenvalue weighted by atomic mass is 10.2. The maximum Gasteiger partial charge on any atom is 0.317 e. The number of urea groups is 2. The first-order valence-corrected chi connectivity index (χ1v) is 13.5. The van der Waals surface area contributed by atoms with E-state index in [0.29, 0.717) is 59.9 Å². The summed E-state index contributed by atoms with van der Waals surface area (Å²) in [7, 11) is 0. The number of carbonyl (C=O) groups excluding carboxylic acids is 2. The van der Waals surface area contributed by atoms with Crippen LogP contribution in [0.2, 0.25) is 0 Å². The quantitative estimate of drug-likeness (QED) is 0.264. The Kier molecular flexibility index (Phi) is 8.05. The lowest BCUT2D eigenvalue weighted by molar-refractivity contribution is -0.0211. The zero-order valence-electron chi connectivity index (χ0n) is 21.6. The van der Waals surface area contributed by atoms with Crippen LogP contribution in [0.25, 0.3) is 20.8 Å². The molecule has 13 heteroatoms. The van der Waals surface area contributed by atoms with Crippen molar-refractivity contribution in [1.29, 1.82) is 0 Å². The van der Waals surface area contributed by atoms with Crippen LogP contribution in [0.15, 0.2) is 54.9 Å². The van der Waals surface area contributed by atoms with E-state index in [-0.39, 0.29) is 17.5 Å². The molecular weight excluding hydrogens is 537 g/mol. The van der Waals surface area contributed by atoms with Gasteiger partial charge in [-0.25, -0.2) is 14.0 Å². The number of halogens is 1. The first-order chi connectivity index (χ1) is 19.3. The van der Waals surface area contributed by atoms with Gasteiger partial charge in [0.25, 0.3) is 0 Å². The third-order valence-corrected chi connectivity index (χ3v) is 7.57. The predicted octanol–water partition coefficient (Wildman–Crippen LogP) is 4.12. The molecule has 0 spiro atoms. The Morgan fingerprint density at radius 2 is 1.93 bits per heavy atom. The van der Waals surface area contributed by atoms with Gasteiger partial charge in [-0.2, -0.15) is 0 Å². The van der Waals surface area contributed by atoms with Crippen molar-refractivity contribution in [2.24, 2.45) is 5.73 Å². The molecule has 0 bridgehead atoms. The normalized spacial score (nSPS) is 14.6. The number of aliphatic hydroxyl groups excluding tert-OH is 1. The van der Waals surface area contributed by atoms with Crippen LogP contribution in [0.4, 0.5) is 19.7 Å². The van der Waals surface area contributed by atoms with Crippen LogP contribution in [0.5, 0.6) is 11.5 Å². The number of nitrogens with one attached hydrogen (secondary N) is 2. The van der Waals surface area contributed by atoms with Crippen LogP contribution >= 0.6 is 11.3 Å². The van der Waals surface area contributed by atoms with Crippen molar-refractivity contribution in [1.82, 2.24) is 25.1 Å². The number of pyridine rings is 2. The number of fused-ring (bicyclic) bond motifs is 1. The van der Waals surface area contributed by atoms with Gasteiger partial charge < -0.3 is 31.1 Å². The van der Waals surface area contributed by atoms with Gasteiger partial charge in [0.1, 0.15) is 12.0 Å². The van der Waals surface area contributed by atoms with Gasteiger partial charge in [0.05, 0.1) is 20.8 Å². The molecule has 0 radical (unpaired) electrons. The van der Waals surface area contributed by atoms with Crippen molar-refractivity contribution >= 4 is 39.3 Å². The van der Waals surface area contributed by atoms with Crippen molar-refractivity contribution in [3.8, 4) is 22.1 Å². The molecule has 0 saturated carbocycles. The summed E-state index contributed by atoms with van der Waals surface area (Å²) in [4.78, 5) is 36.5. The first-order valence-electron chi connectivity index (χ1n) is 12.7. The van der Waals surface area contributed by atoms with Crippen LogP contribution in [0.3, 0.4) is 0 Å². The number of nitrogens with zero attached hydrogens (tertiary/aromatic N) is 4. The number of nitrogens with two attached hydrogens (primary N) is 1. The summed E-state index contributed by atoms with van der Waals surface area (Å²) in [5.41, 5.74) is 7.32. The number of hydrogen-bond donors (Lipinski definition) is 4. The molecule has 1 saturated heterocycles. The van der Waals surface area contributed by atoms with Gasteiger partial charge >= 0.3 is 12.1 Å². The molecule has 1 unspecified atom stereocenters. The molecule has 1 aliphatic rings. The van der Waals surface area contributed by atoms with Gasteiger partial charge in [-0.3, -0.25) is 14.9 Å². The van der Waals surface area contributed by atoms with E-state index in [1.807, 2.05) is 30.0 Å². The third-order valence-electron chi connectivity index (χ3n) is 6.41. The van der Waals surface area contributed by atoms with Crippen LogP contribution in [0, 0.1) is 5.82 Å². The van der Waals surface area contributed by atoms with Crippen molar-refractivity contribution in [3.05, 3.63) is 66.2 Å². The van der Waals surface area contributed by atoms with E-state index < -0.39 is 18.1 Å². The van der Waals surface area contributed by atoms with E-state index in [9.17, 15) is 19.1 Å². The topological polar surface area (TPSA) is 146 Å². The van der Waals surface area contributed by atoms with Crippen molar-refractivity contribution < 1.29 is 23.8 Å². The maximum atomic E-state index is 14.6. The maximum absolute atomic E-state index is 14.6. The van der Waals surface area contributed by atoms with E-state index in [1.54, 1.807) is 23.4 Å². The smallest absolute Gasteiger partial charge is 0.317 e. The van der Waals surface area contributed by atoms with Gasteiger partial charge in [-0.15, -0.1) is 11.3 Å². The highest BCUT2D eigenvalue weighted by molar-refractivity contribution is 7.22. The number of aliphatic hydroxyl groups is 1. The number of rotatable bonds is 7. The molecule has 1 fully saturated rings. The molecule has 5 rings (SSSR count). The Labute approximate surface area is 233 Å². The summed E-state index contributed by atoms with van der Waals surface area (Å²) in [5, 5.41) is 16.0. The van der Waals surface area contributed by atoms with E-state index in [4.69, 9.17) is 10.5 Å². The fraction of sp³-hybridized carbons (Fsp3) is 0.259. The molecule has 0 aliphatic carbocycles. The van der Waals surface area contributed by atoms with E-state index in [1.165, 1.54) is 23.5 Å². The minimum Gasteiger partial charge on any atom is -0.453 e. The molecular formula is C27H28FN7O4S. The third kappa shape index (κ3) is 5.96. The molecule has 1 atom stereocenters. The molecule has 208 valence electrons. The number of anilines is 1. The van der Waals surface area contributed by atoms with E-state index >= 15 is 0 Å². The van der Waals surface area contributed by atoms with Gasteiger partial charge in [0.15, 0.2) is 11.6 Å². The standard InChI is InChI=1S/C27H28FN7O4S/c1-2-30-27(38)35-11-9-34(10-12-35)25(36)16-3-5-19(32-15-16)23-14-20-24(40-23)22(7-8-31-20)39-21-6-4-17(13-18(21)28)33-26(29)37/h3-8,13-15,25,36H,2,9-12H2,1H3,(H,30,38)(H3,29,33,37). The zero-order chi connectivity index (χ0) is 28.2. The number of carbonyl (C=O) groups is 2. The summed E-state index contributed by atoms with van der Waals surface area (Å²) in [6, 6.07) is 10.3. The van der Waals surface area contributed by atoms with Gasteiger partial charge in [-0.1, -0.05) is 6.07 Å². The fourth-order valence-corrected chi connectivity index (χ4v) is 5.43. The minimum absolute atomic E-state index is 0.0132. The minimum atomic E-state index is -0.832. The van der Waals surface area contributed by atoms with Crippen LogP contribution < -0.4 is 21.1 Å². The number of aromatic nitrogens is 2. The Hall–Kier alpha value is -4.33. The van der Waals surface area contributed by atoms with Crippen LogP contribution in [-0.4, -0.2) is 69.7 Å². The number of benzene rings is 1. The summed E-state index contributed by atoms with van der Waals surface area (Å²) < 4.78 is 21.2. The van der Waals surface area contributed by atoms with Gasteiger partial charge in [0.2, 0.25) is 0 Å². The average Bonchev–Trinajstić information content (AvgIpc) is 3.40. The van der Waals surface area contributed by atoms with Gasteiger partial charge in [0, 0.05) is 68.5 Å². The molecule has 4 heterocycles. The number of ether oxygens (including phenoxy) is 1.